The molecule has 1 unspecified atom stereocenters. The van der Waals surface area contributed by atoms with Gasteiger partial charge in [-0.3, -0.25) is 19.1 Å². The van der Waals surface area contributed by atoms with Crippen molar-refractivity contribution in [2.45, 2.75) is 83.7 Å². The van der Waals surface area contributed by atoms with Gasteiger partial charge in [0.15, 0.2) is 5.82 Å². The first-order chi connectivity index (χ1) is 18.6. The molecule has 2 aromatic rings. The van der Waals surface area contributed by atoms with Crippen LogP contribution in [0.4, 0.5) is 10.2 Å². The first-order valence-corrected chi connectivity index (χ1v) is 14.2. The molecule has 2 fully saturated rings. The summed E-state index contributed by atoms with van der Waals surface area (Å²) in [4.78, 5) is 23.7. The summed E-state index contributed by atoms with van der Waals surface area (Å²) in [6.45, 7) is 3.47. The lowest BCUT2D eigenvalue weighted by Crippen LogP contribution is -2.41. The highest BCUT2D eigenvalue weighted by Gasteiger charge is 2.51. The molecule has 39 heavy (non-hydrogen) atoms. The van der Waals surface area contributed by atoms with E-state index >= 15 is 0 Å². The maximum atomic E-state index is 15.0. The van der Waals surface area contributed by atoms with Crippen molar-refractivity contribution in [2.75, 3.05) is 18.1 Å². The molecule has 1 aromatic carbocycles. The van der Waals surface area contributed by atoms with Crippen LogP contribution in [0.1, 0.15) is 87.6 Å². The Kier molecular flexibility index (Phi) is 7.61. The van der Waals surface area contributed by atoms with Crippen LogP contribution >= 0.6 is 0 Å². The second-order valence-electron chi connectivity index (χ2n) is 12.7. The SMILES string of the molecule is CC(C)(O)c1cnc(N2C[C@@]3(CCC[C@](CF)(CC4/C=C\CCc5ccc(C#N)cc5CC4)C3)CC2=O)cn1. The number of carbonyl (C=O) groups is 1. The lowest BCUT2D eigenvalue weighted by atomic mass is 9.59. The van der Waals surface area contributed by atoms with E-state index in [1.165, 1.54) is 17.3 Å². The molecule has 3 aliphatic rings. The minimum Gasteiger partial charge on any atom is -0.384 e. The van der Waals surface area contributed by atoms with Crippen molar-refractivity contribution in [3.8, 4) is 6.07 Å². The van der Waals surface area contributed by atoms with E-state index in [1.54, 1.807) is 24.9 Å². The van der Waals surface area contributed by atoms with Gasteiger partial charge >= 0.3 is 0 Å². The number of aliphatic hydroxyl groups is 1. The molecule has 3 atom stereocenters. The third-order valence-electron chi connectivity index (χ3n) is 9.11. The van der Waals surface area contributed by atoms with Gasteiger partial charge in [-0.15, -0.1) is 0 Å². The molecule has 0 bridgehead atoms. The topological polar surface area (TPSA) is 90.1 Å². The van der Waals surface area contributed by atoms with E-state index < -0.39 is 11.0 Å². The zero-order valence-electron chi connectivity index (χ0n) is 23.1. The van der Waals surface area contributed by atoms with Gasteiger partial charge in [-0.05, 0) is 105 Å². The molecule has 1 aromatic heterocycles. The van der Waals surface area contributed by atoms with Crippen LogP contribution < -0.4 is 4.90 Å². The molecule has 1 saturated heterocycles. The average molecular weight is 531 g/mol. The van der Waals surface area contributed by atoms with Crippen molar-refractivity contribution in [3.05, 3.63) is 65.1 Å². The summed E-state index contributed by atoms with van der Waals surface area (Å²) in [5, 5.41) is 19.6. The lowest BCUT2D eigenvalue weighted by Gasteiger charge is -2.46. The molecule has 1 amide bonds. The summed E-state index contributed by atoms with van der Waals surface area (Å²) in [6.07, 6.45) is 15.9. The number of aryl methyl sites for hydroxylation is 2. The van der Waals surface area contributed by atoms with Crippen LogP contribution in [-0.2, 0) is 23.2 Å². The molecule has 6 nitrogen and oxygen atoms in total. The van der Waals surface area contributed by atoms with Crippen molar-refractivity contribution in [1.29, 1.82) is 5.26 Å². The summed E-state index contributed by atoms with van der Waals surface area (Å²) in [5.74, 6) is 0.777. The van der Waals surface area contributed by atoms with E-state index in [-0.39, 0.29) is 23.9 Å². The number of fused-ring (bicyclic) bond motifs is 1. The maximum absolute atomic E-state index is 15.0. The fourth-order valence-electron chi connectivity index (χ4n) is 7.18. The van der Waals surface area contributed by atoms with Gasteiger partial charge in [0.05, 0.1) is 36.4 Å². The van der Waals surface area contributed by atoms with Crippen molar-refractivity contribution in [2.24, 2.45) is 16.7 Å². The zero-order valence-corrected chi connectivity index (χ0v) is 23.1. The third-order valence-corrected chi connectivity index (χ3v) is 9.11. The smallest absolute Gasteiger partial charge is 0.228 e. The van der Waals surface area contributed by atoms with Crippen molar-refractivity contribution < 1.29 is 14.3 Å². The highest BCUT2D eigenvalue weighted by atomic mass is 19.1. The van der Waals surface area contributed by atoms with E-state index in [9.17, 15) is 19.6 Å². The average Bonchev–Trinajstić information content (AvgIpc) is 3.27. The van der Waals surface area contributed by atoms with Gasteiger partial charge < -0.3 is 5.11 Å². The Balaban J connectivity index is 1.31. The van der Waals surface area contributed by atoms with Crippen molar-refractivity contribution in [1.82, 2.24) is 9.97 Å². The van der Waals surface area contributed by atoms with Crippen LogP contribution in [0.15, 0.2) is 42.7 Å². The highest BCUT2D eigenvalue weighted by Crippen LogP contribution is 2.55. The van der Waals surface area contributed by atoms with E-state index in [0.717, 1.165) is 51.4 Å². The van der Waals surface area contributed by atoms with E-state index in [1.807, 2.05) is 12.1 Å². The standard InChI is InChI=1S/C32H39FN4O2/c1-30(2,39)27-18-36-28(19-35-27)37-22-32(16-29(37)38)13-5-12-31(20-32,21-33)15-23-6-3-4-7-25-10-9-24(17-34)14-26(25)11-8-23/h3,6,9-10,14,18-19,23,39H,4-5,7-8,11-13,15-16,20-22H2,1-2H3/b6-3-/t23?,31-,32-/m0/s1. The normalized spacial score (nSPS) is 28.3. The minimum absolute atomic E-state index is 0.0159. The molecule has 0 radical (unpaired) electrons. The zero-order chi connectivity index (χ0) is 27.7. The molecule has 7 heteroatoms. The number of aromatic nitrogens is 2. The van der Waals surface area contributed by atoms with Crippen molar-refractivity contribution in [3.63, 3.8) is 0 Å². The number of hydrogen-bond donors (Lipinski definition) is 1. The molecule has 5 rings (SSSR count). The summed E-state index contributed by atoms with van der Waals surface area (Å²) >= 11 is 0. The van der Waals surface area contributed by atoms with Gasteiger partial charge in [0.25, 0.3) is 0 Å². The van der Waals surface area contributed by atoms with Crippen LogP contribution in [0.25, 0.3) is 0 Å². The number of hydrogen-bond acceptors (Lipinski definition) is 5. The van der Waals surface area contributed by atoms with Gasteiger partial charge in [-0.1, -0.05) is 24.6 Å². The Labute approximate surface area is 231 Å². The molecule has 1 N–H and O–H groups in total. The Morgan fingerprint density at radius 2 is 2.05 bits per heavy atom. The second-order valence-corrected chi connectivity index (χ2v) is 12.7. The summed E-state index contributed by atoms with van der Waals surface area (Å²) in [6, 6.07) is 8.27. The Morgan fingerprint density at radius 1 is 1.21 bits per heavy atom. The molecular formula is C32H39FN4O2. The van der Waals surface area contributed by atoms with Crippen LogP contribution in [0.2, 0.25) is 0 Å². The molecule has 1 spiro atoms. The number of nitriles is 1. The fraction of sp³-hybridized carbons (Fsp3) is 0.562. The van der Waals surface area contributed by atoms with E-state index in [2.05, 4.69) is 34.3 Å². The van der Waals surface area contributed by atoms with Crippen molar-refractivity contribution >= 4 is 11.7 Å². The Bertz CT molecular complexity index is 1280. The number of halogens is 1. The summed E-state index contributed by atoms with van der Waals surface area (Å²) in [7, 11) is 0. The Morgan fingerprint density at radius 3 is 2.77 bits per heavy atom. The number of alkyl halides is 1. The predicted octanol–water partition coefficient (Wildman–Crippen LogP) is 5.97. The molecule has 2 heterocycles. The first-order valence-electron chi connectivity index (χ1n) is 14.2. The molecular weight excluding hydrogens is 491 g/mol. The fourth-order valence-corrected chi connectivity index (χ4v) is 7.18. The van der Waals surface area contributed by atoms with Gasteiger partial charge in [-0.25, -0.2) is 4.98 Å². The molecule has 206 valence electrons. The highest BCUT2D eigenvalue weighted by molar-refractivity contribution is 5.95. The number of amides is 1. The first kappa shape index (κ1) is 27.5. The second kappa shape index (κ2) is 10.8. The number of anilines is 1. The van der Waals surface area contributed by atoms with Crippen LogP contribution in [0.3, 0.4) is 0 Å². The third kappa shape index (κ3) is 5.91. The molecule has 1 saturated carbocycles. The van der Waals surface area contributed by atoms with E-state index in [4.69, 9.17) is 0 Å². The monoisotopic (exact) mass is 530 g/mol. The lowest BCUT2D eigenvalue weighted by molar-refractivity contribution is -0.118. The largest absolute Gasteiger partial charge is 0.384 e. The molecule has 2 aliphatic carbocycles. The summed E-state index contributed by atoms with van der Waals surface area (Å²) < 4.78 is 15.0. The number of allylic oxidation sites excluding steroid dienone is 2. The number of carbonyl (C=O) groups excluding carboxylic acids is 1. The Hall–Kier alpha value is -3.11. The van der Waals surface area contributed by atoms with Gasteiger partial charge in [-0.2, -0.15) is 5.26 Å². The number of rotatable bonds is 5. The van der Waals surface area contributed by atoms with Crippen LogP contribution in [0.5, 0.6) is 0 Å². The minimum atomic E-state index is -1.10. The van der Waals surface area contributed by atoms with Gasteiger partial charge in [0.2, 0.25) is 5.91 Å². The van der Waals surface area contributed by atoms with Gasteiger partial charge in [0, 0.05) is 13.0 Å². The number of benzene rings is 1. The van der Waals surface area contributed by atoms with Crippen LogP contribution in [-0.4, -0.2) is 34.2 Å². The predicted molar refractivity (Wildman–Crippen MR) is 149 cm³/mol. The molecule has 1 aliphatic heterocycles. The number of nitrogens with zero attached hydrogens (tertiary/aromatic N) is 4. The van der Waals surface area contributed by atoms with Crippen LogP contribution in [0, 0.1) is 28.1 Å². The quantitative estimate of drug-likeness (QED) is 0.481. The van der Waals surface area contributed by atoms with Gasteiger partial charge in [0.1, 0.15) is 5.60 Å². The maximum Gasteiger partial charge on any atom is 0.228 e. The van der Waals surface area contributed by atoms with E-state index in [0.29, 0.717) is 36.5 Å². The summed E-state index contributed by atoms with van der Waals surface area (Å²) in [5.41, 5.74) is 1.90.